The van der Waals surface area contributed by atoms with Gasteiger partial charge in [-0.05, 0) is 31.0 Å². The minimum Gasteiger partial charge on any atom is -0.497 e. The third-order valence-electron chi connectivity index (χ3n) is 4.11. The first-order valence-electron chi connectivity index (χ1n) is 8.37. The van der Waals surface area contributed by atoms with Crippen molar-refractivity contribution in [2.45, 2.75) is 32.7 Å². The smallest absolute Gasteiger partial charge is 0.277 e. The Hall–Kier alpha value is -2.34. The molecule has 0 saturated heterocycles. The summed E-state index contributed by atoms with van der Waals surface area (Å²) in [6.45, 7) is 4.19. The van der Waals surface area contributed by atoms with Gasteiger partial charge in [-0.25, -0.2) is 4.98 Å². The number of H-pyrrole nitrogens is 1. The fourth-order valence-electron chi connectivity index (χ4n) is 2.74. The van der Waals surface area contributed by atoms with Crippen molar-refractivity contribution in [1.29, 1.82) is 0 Å². The van der Waals surface area contributed by atoms with Gasteiger partial charge in [-0.1, -0.05) is 13.3 Å². The Kier molecular flexibility index (Phi) is 5.15. The predicted octanol–water partition coefficient (Wildman–Crippen LogP) is 3.09. The summed E-state index contributed by atoms with van der Waals surface area (Å²) in [5.74, 6) is 0.749. The highest BCUT2D eigenvalue weighted by Crippen LogP contribution is 2.25. The first-order valence-corrected chi connectivity index (χ1v) is 8.37. The summed E-state index contributed by atoms with van der Waals surface area (Å²) in [7, 11) is 1.62. The molecule has 0 radical (unpaired) electrons. The van der Waals surface area contributed by atoms with Gasteiger partial charge >= 0.3 is 0 Å². The van der Waals surface area contributed by atoms with Gasteiger partial charge in [0.05, 0.1) is 13.4 Å². The van der Waals surface area contributed by atoms with E-state index in [1.807, 2.05) is 18.2 Å². The van der Waals surface area contributed by atoms with Gasteiger partial charge in [0.2, 0.25) is 0 Å². The number of aromatic nitrogens is 3. The topological polar surface area (TPSA) is 69.1 Å². The Bertz CT molecular complexity index is 882. The average molecular weight is 329 g/mol. The van der Waals surface area contributed by atoms with E-state index >= 15 is 0 Å². The molecule has 0 amide bonds. The van der Waals surface area contributed by atoms with Crippen LogP contribution in [0.25, 0.3) is 21.9 Å². The van der Waals surface area contributed by atoms with E-state index in [9.17, 15) is 4.79 Å². The number of aryl methyl sites for hydroxylation is 1. The monoisotopic (exact) mass is 329 g/mol. The maximum atomic E-state index is 12.6. The number of rotatable bonds is 8. The van der Waals surface area contributed by atoms with Gasteiger partial charge in [-0.3, -0.25) is 9.36 Å². The van der Waals surface area contributed by atoms with E-state index in [0.717, 1.165) is 42.5 Å². The van der Waals surface area contributed by atoms with Crippen LogP contribution in [0, 0.1) is 0 Å². The highest BCUT2D eigenvalue weighted by Gasteiger charge is 2.11. The van der Waals surface area contributed by atoms with Crippen molar-refractivity contribution in [1.82, 2.24) is 14.5 Å². The molecule has 3 aromatic rings. The van der Waals surface area contributed by atoms with E-state index in [1.165, 1.54) is 0 Å². The number of nitrogens with zero attached hydrogens (tertiary/aromatic N) is 2. The standard InChI is InChI=1S/C18H23N3O3/c1-3-4-9-24-10-5-8-21-12-19-16-14-11-13(23-2)6-7-15(14)20-17(16)18(21)22/h6-7,11-12,20H,3-5,8-10H2,1-2H3. The maximum absolute atomic E-state index is 12.6. The molecule has 3 rings (SSSR count). The van der Waals surface area contributed by atoms with Gasteiger partial charge in [0, 0.05) is 30.7 Å². The molecular weight excluding hydrogens is 306 g/mol. The molecule has 0 aliphatic heterocycles. The number of hydrogen-bond acceptors (Lipinski definition) is 4. The van der Waals surface area contributed by atoms with Crippen LogP contribution in [0.4, 0.5) is 0 Å². The zero-order valence-corrected chi connectivity index (χ0v) is 14.2. The molecule has 2 heterocycles. The highest BCUT2D eigenvalue weighted by atomic mass is 16.5. The SMILES string of the molecule is CCCCOCCCn1cnc2c([nH]c3ccc(OC)cc32)c1=O. The van der Waals surface area contributed by atoms with Crippen LogP contribution in [0.2, 0.25) is 0 Å². The quantitative estimate of drug-likeness (QED) is 0.645. The lowest BCUT2D eigenvalue weighted by Crippen LogP contribution is -2.21. The van der Waals surface area contributed by atoms with Gasteiger partial charge in [0.1, 0.15) is 16.8 Å². The largest absolute Gasteiger partial charge is 0.497 e. The number of methoxy groups -OCH3 is 1. The average Bonchev–Trinajstić information content (AvgIpc) is 2.98. The fraction of sp³-hybridized carbons (Fsp3) is 0.444. The van der Waals surface area contributed by atoms with Crippen LogP contribution >= 0.6 is 0 Å². The molecule has 0 aliphatic carbocycles. The molecular formula is C18H23N3O3. The molecule has 0 saturated carbocycles. The Balaban J connectivity index is 1.80. The second-order valence-electron chi connectivity index (χ2n) is 5.82. The molecule has 6 heteroatoms. The van der Waals surface area contributed by atoms with E-state index in [0.29, 0.717) is 24.2 Å². The summed E-state index contributed by atoms with van der Waals surface area (Å²) in [5.41, 5.74) is 2.05. The van der Waals surface area contributed by atoms with Gasteiger partial charge in [0.15, 0.2) is 0 Å². The zero-order valence-electron chi connectivity index (χ0n) is 14.2. The van der Waals surface area contributed by atoms with Crippen LogP contribution in [0.3, 0.4) is 0 Å². The van der Waals surface area contributed by atoms with Crippen LogP contribution in [0.5, 0.6) is 5.75 Å². The van der Waals surface area contributed by atoms with E-state index in [2.05, 4.69) is 16.9 Å². The normalized spacial score (nSPS) is 11.4. The number of aromatic amines is 1. The Morgan fingerprint density at radius 2 is 2.08 bits per heavy atom. The van der Waals surface area contributed by atoms with Crippen LogP contribution in [-0.4, -0.2) is 34.9 Å². The second-order valence-corrected chi connectivity index (χ2v) is 5.82. The number of unbranched alkanes of at least 4 members (excludes halogenated alkanes) is 1. The predicted molar refractivity (Wildman–Crippen MR) is 94.8 cm³/mol. The number of hydrogen-bond donors (Lipinski definition) is 1. The van der Waals surface area contributed by atoms with Gasteiger partial charge in [0.25, 0.3) is 5.56 Å². The highest BCUT2D eigenvalue weighted by molar-refractivity contribution is 6.04. The van der Waals surface area contributed by atoms with Crippen LogP contribution in [0.1, 0.15) is 26.2 Å². The molecule has 0 aliphatic rings. The third kappa shape index (κ3) is 3.28. The summed E-state index contributed by atoms with van der Waals surface area (Å²) in [5, 5.41) is 0.900. The summed E-state index contributed by atoms with van der Waals surface area (Å²) in [4.78, 5) is 20.3. The summed E-state index contributed by atoms with van der Waals surface area (Å²) < 4.78 is 12.4. The molecule has 0 bridgehead atoms. The van der Waals surface area contributed by atoms with Crippen LogP contribution < -0.4 is 10.3 Å². The van der Waals surface area contributed by atoms with Crippen molar-refractivity contribution >= 4 is 21.9 Å². The number of ether oxygens (including phenoxy) is 2. The molecule has 1 aromatic carbocycles. The first kappa shape index (κ1) is 16.5. The summed E-state index contributed by atoms with van der Waals surface area (Å²) in [6.07, 6.45) is 4.62. The lowest BCUT2D eigenvalue weighted by molar-refractivity contribution is 0.125. The Labute approximate surface area is 140 Å². The van der Waals surface area contributed by atoms with E-state index in [4.69, 9.17) is 9.47 Å². The lowest BCUT2D eigenvalue weighted by Gasteiger charge is -2.06. The van der Waals surface area contributed by atoms with Gasteiger partial charge in [-0.2, -0.15) is 0 Å². The number of nitrogens with one attached hydrogen (secondary N) is 1. The van der Waals surface area contributed by atoms with Crippen LogP contribution in [0.15, 0.2) is 29.3 Å². The minimum atomic E-state index is -0.0521. The van der Waals surface area contributed by atoms with Crippen molar-refractivity contribution in [2.24, 2.45) is 0 Å². The Morgan fingerprint density at radius 1 is 1.25 bits per heavy atom. The summed E-state index contributed by atoms with van der Waals surface area (Å²) in [6, 6.07) is 5.66. The first-order chi connectivity index (χ1) is 11.7. The fourth-order valence-corrected chi connectivity index (χ4v) is 2.74. The Morgan fingerprint density at radius 3 is 2.88 bits per heavy atom. The van der Waals surface area contributed by atoms with Crippen molar-refractivity contribution in [2.75, 3.05) is 20.3 Å². The molecule has 0 atom stereocenters. The summed E-state index contributed by atoms with van der Waals surface area (Å²) >= 11 is 0. The zero-order chi connectivity index (χ0) is 16.9. The molecule has 1 N–H and O–H groups in total. The van der Waals surface area contributed by atoms with Crippen molar-refractivity contribution in [3.63, 3.8) is 0 Å². The molecule has 0 fully saturated rings. The van der Waals surface area contributed by atoms with Gasteiger partial charge in [-0.15, -0.1) is 0 Å². The molecule has 2 aromatic heterocycles. The molecule has 24 heavy (non-hydrogen) atoms. The molecule has 6 nitrogen and oxygen atoms in total. The van der Waals surface area contributed by atoms with Crippen LogP contribution in [-0.2, 0) is 11.3 Å². The second kappa shape index (κ2) is 7.49. The van der Waals surface area contributed by atoms with E-state index in [1.54, 1.807) is 18.0 Å². The van der Waals surface area contributed by atoms with Crippen molar-refractivity contribution in [3.8, 4) is 5.75 Å². The van der Waals surface area contributed by atoms with Gasteiger partial charge < -0.3 is 14.5 Å². The molecule has 128 valence electrons. The third-order valence-corrected chi connectivity index (χ3v) is 4.11. The maximum Gasteiger partial charge on any atom is 0.277 e. The number of benzene rings is 1. The van der Waals surface area contributed by atoms with Crippen molar-refractivity contribution in [3.05, 3.63) is 34.9 Å². The molecule has 0 unspecified atom stereocenters. The van der Waals surface area contributed by atoms with Crippen molar-refractivity contribution < 1.29 is 9.47 Å². The van der Waals surface area contributed by atoms with E-state index in [-0.39, 0.29) is 5.56 Å². The molecule has 0 spiro atoms. The minimum absolute atomic E-state index is 0.0521. The van der Waals surface area contributed by atoms with E-state index < -0.39 is 0 Å². The lowest BCUT2D eigenvalue weighted by atomic mass is 10.2. The number of fused-ring (bicyclic) bond motifs is 3.